The zero-order chi connectivity index (χ0) is 15.3. The van der Waals surface area contributed by atoms with Crippen LogP contribution in [0, 0.1) is 0 Å². The van der Waals surface area contributed by atoms with Crippen molar-refractivity contribution >= 4 is 27.5 Å². The largest absolute Gasteiger partial charge is 0.341 e. The van der Waals surface area contributed by atoms with Gasteiger partial charge in [-0.15, -0.1) is 11.8 Å². The molecule has 116 valence electrons. The number of carbonyl (C=O) groups is 1. The highest BCUT2D eigenvalue weighted by atomic mass is 32.2. The molecule has 1 saturated heterocycles. The van der Waals surface area contributed by atoms with E-state index in [0.717, 1.165) is 4.90 Å². The molecule has 1 aliphatic rings. The van der Waals surface area contributed by atoms with Crippen LogP contribution in [0.15, 0.2) is 35.2 Å². The van der Waals surface area contributed by atoms with Crippen LogP contribution in [0.2, 0.25) is 0 Å². The van der Waals surface area contributed by atoms with Crippen molar-refractivity contribution in [3.63, 3.8) is 0 Å². The molecule has 1 aliphatic heterocycles. The van der Waals surface area contributed by atoms with Gasteiger partial charge in [-0.25, -0.2) is 8.42 Å². The van der Waals surface area contributed by atoms with Gasteiger partial charge in [0, 0.05) is 36.2 Å². The molecule has 1 heterocycles. The smallest absolute Gasteiger partial charge is 0.224 e. The Morgan fingerprint density at radius 3 is 2.48 bits per heavy atom. The average molecular weight is 328 g/mol. The second kappa shape index (κ2) is 7.29. The third kappa shape index (κ3) is 5.33. The highest BCUT2D eigenvalue weighted by Crippen LogP contribution is 2.18. The molecule has 0 saturated carbocycles. The molecule has 1 aromatic rings. The minimum absolute atomic E-state index is 0.0499. The molecular weight excluding hydrogens is 308 g/mol. The van der Waals surface area contributed by atoms with Crippen LogP contribution < -0.4 is 5.73 Å². The summed E-state index contributed by atoms with van der Waals surface area (Å²) in [5, 5.41) is 0. The Balaban J connectivity index is 1.75. The molecule has 21 heavy (non-hydrogen) atoms. The number of amides is 1. The summed E-state index contributed by atoms with van der Waals surface area (Å²) in [4.78, 5) is 14.8. The van der Waals surface area contributed by atoms with Crippen LogP contribution in [0.5, 0.6) is 0 Å². The van der Waals surface area contributed by atoms with Crippen molar-refractivity contribution in [2.45, 2.75) is 17.4 Å². The van der Waals surface area contributed by atoms with Crippen LogP contribution in [0.3, 0.4) is 0 Å². The first-order valence-corrected chi connectivity index (χ1v) is 9.68. The first-order chi connectivity index (χ1) is 9.96. The highest BCUT2D eigenvalue weighted by molar-refractivity contribution is 7.99. The van der Waals surface area contributed by atoms with Gasteiger partial charge in [-0.1, -0.05) is 18.2 Å². The molecule has 2 N–H and O–H groups in total. The number of sulfone groups is 1. The maximum absolute atomic E-state index is 12.1. The van der Waals surface area contributed by atoms with Crippen LogP contribution >= 0.6 is 11.8 Å². The van der Waals surface area contributed by atoms with Crippen LogP contribution in [0.1, 0.15) is 6.42 Å². The van der Waals surface area contributed by atoms with Crippen LogP contribution in [-0.4, -0.2) is 55.6 Å². The number of benzene rings is 1. The van der Waals surface area contributed by atoms with E-state index in [1.54, 1.807) is 16.7 Å². The summed E-state index contributed by atoms with van der Waals surface area (Å²) >= 11 is 1.63. The topological polar surface area (TPSA) is 80.5 Å². The lowest BCUT2D eigenvalue weighted by molar-refractivity contribution is -0.131. The molecule has 0 spiro atoms. The van der Waals surface area contributed by atoms with Gasteiger partial charge in [0.2, 0.25) is 5.91 Å². The van der Waals surface area contributed by atoms with E-state index in [4.69, 9.17) is 5.73 Å². The van der Waals surface area contributed by atoms with E-state index in [1.807, 2.05) is 30.3 Å². The van der Waals surface area contributed by atoms with Gasteiger partial charge in [-0.3, -0.25) is 4.79 Å². The lowest BCUT2D eigenvalue weighted by atomic mass is 10.2. The second-order valence-electron chi connectivity index (χ2n) is 5.12. The number of rotatable bonds is 5. The number of nitrogens with zero attached hydrogens (tertiary/aromatic N) is 1. The lowest BCUT2D eigenvalue weighted by Gasteiger charge is -2.27. The maximum Gasteiger partial charge on any atom is 0.224 e. The van der Waals surface area contributed by atoms with Crippen molar-refractivity contribution in [2.24, 2.45) is 5.73 Å². The molecule has 0 aliphatic carbocycles. The maximum atomic E-state index is 12.1. The van der Waals surface area contributed by atoms with Crippen LogP contribution in [0.25, 0.3) is 0 Å². The fourth-order valence-electron chi connectivity index (χ4n) is 2.09. The van der Waals surface area contributed by atoms with Crippen molar-refractivity contribution in [2.75, 3.05) is 30.3 Å². The zero-order valence-corrected chi connectivity index (χ0v) is 13.4. The molecule has 0 radical (unpaired) electrons. The quantitative estimate of drug-likeness (QED) is 0.807. The third-order valence-electron chi connectivity index (χ3n) is 3.34. The Bertz CT molecular complexity index is 561. The SMILES string of the molecule is N[C@@H](CSc1ccccc1)CC(=O)N1CCS(=O)(=O)CC1. The average Bonchev–Trinajstić information content (AvgIpc) is 2.46. The summed E-state index contributed by atoms with van der Waals surface area (Å²) in [6, 6.07) is 9.68. The summed E-state index contributed by atoms with van der Waals surface area (Å²) < 4.78 is 22.7. The van der Waals surface area contributed by atoms with Gasteiger partial charge in [0.05, 0.1) is 11.5 Å². The Kier molecular flexibility index (Phi) is 5.66. The fourth-order valence-corrected chi connectivity index (χ4v) is 4.17. The normalized spacial score (nSPS) is 19.2. The van der Waals surface area contributed by atoms with Crippen molar-refractivity contribution < 1.29 is 13.2 Å². The van der Waals surface area contributed by atoms with Gasteiger partial charge in [0.1, 0.15) is 0 Å². The van der Waals surface area contributed by atoms with E-state index >= 15 is 0 Å². The molecule has 7 heteroatoms. The minimum atomic E-state index is -2.95. The zero-order valence-electron chi connectivity index (χ0n) is 11.8. The van der Waals surface area contributed by atoms with Gasteiger partial charge in [-0.05, 0) is 12.1 Å². The minimum Gasteiger partial charge on any atom is -0.341 e. The predicted molar refractivity (Wildman–Crippen MR) is 85.0 cm³/mol. The van der Waals surface area contributed by atoms with E-state index in [0.29, 0.717) is 18.8 Å². The standard InChI is InChI=1S/C14H20N2O3S2/c15-12(11-20-13-4-2-1-3-5-13)10-14(17)16-6-8-21(18,19)9-7-16/h1-5,12H,6-11,15H2/t12-/m1/s1. The third-order valence-corrected chi connectivity index (χ3v) is 6.15. The lowest BCUT2D eigenvalue weighted by Crippen LogP contribution is -2.45. The first-order valence-electron chi connectivity index (χ1n) is 6.88. The summed E-state index contributed by atoms with van der Waals surface area (Å²) in [5.74, 6) is 0.743. The Morgan fingerprint density at radius 2 is 1.86 bits per heavy atom. The van der Waals surface area contributed by atoms with Crippen LogP contribution in [0.4, 0.5) is 0 Å². The van der Waals surface area contributed by atoms with Crippen molar-refractivity contribution in [1.82, 2.24) is 4.90 Å². The van der Waals surface area contributed by atoms with Crippen LogP contribution in [-0.2, 0) is 14.6 Å². The number of hydrogen-bond donors (Lipinski definition) is 1. The second-order valence-corrected chi connectivity index (χ2v) is 8.52. The fraction of sp³-hybridized carbons (Fsp3) is 0.500. The van der Waals surface area contributed by atoms with Crippen molar-refractivity contribution in [1.29, 1.82) is 0 Å². The van der Waals surface area contributed by atoms with Crippen molar-refractivity contribution in [3.05, 3.63) is 30.3 Å². The van der Waals surface area contributed by atoms with Gasteiger partial charge in [0.25, 0.3) is 0 Å². The molecule has 0 aromatic heterocycles. The van der Waals surface area contributed by atoms with E-state index in [-0.39, 0.29) is 29.9 Å². The number of nitrogens with two attached hydrogens (primary N) is 1. The molecule has 2 rings (SSSR count). The number of carbonyl (C=O) groups excluding carboxylic acids is 1. The Morgan fingerprint density at radius 1 is 1.24 bits per heavy atom. The highest BCUT2D eigenvalue weighted by Gasteiger charge is 2.25. The molecule has 0 unspecified atom stereocenters. The monoisotopic (exact) mass is 328 g/mol. The molecule has 1 amide bonds. The molecule has 1 fully saturated rings. The first kappa shape index (κ1) is 16.3. The van der Waals surface area contributed by atoms with Gasteiger partial charge in [-0.2, -0.15) is 0 Å². The van der Waals surface area contributed by atoms with E-state index < -0.39 is 9.84 Å². The molecule has 1 atom stereocenters. The molecule has 0 bridgehead atoms. The van der Waals surface area contributed by atoms with Gasteiger partial charge in [0.15, 0.2) is 9.84 Å². The number of hydrogen-bond acceptors (Lipinski definition) is 5. The Hall–Kier alpha value is -1.05. The summed E-state index contributed by atoms with van der Waals surface area (Å²) in [6.45, 7) is 0.583. The Labute approximate surface area is 129 Å². The summed E-state index contributed by atoms with van der Waals surface area (Å²) in [7, 11) is -2.95. The summed E-state index contributed by atoms with van der Waals surface area (Å²) in [6.07, 6.45) is 0.264. The van der Waals surface area contributed by atoms with Gasteiger partial charge >= 0.3 is 0 Å². The van der Waals surface area contributed by atoms with E-state index in [1.165, 1.54) is 0 Å². The van der Waals surface area contributed by atoms with Crippen molar-refractivity contribution in [3.8, 4) is 0 Å². The predicted octanol–water partition coefficient (Wildman–Crippen LogP) is 0.753. The molecule has 1 aromatic carbocycles. The van der Waals surface area contributed by atoms with E-state index in [9.17, 15) is 13.2 Å². The van der Waals surface area contributed by atoms with E-state index in [2.05, 4.69) is 0 Å². The molecule has 5 nitrogen and oxygen atoms in total. The number of thioether (sulfide) groups is 1. The molecular formula is C14H20N2O3S2. The van der Waals surface area contributed by atoms with Gasteiger partial charge < -0.3 is 10.6 Å². The summed E-state index contributed by atoms with van der Waals surface area (Å²) in [5.41, 5.74) is 6.00.